The van der Waals surface area contributed by atoms with E-state index >= 15 is 0 Å². The molecule has 4 rings (SSSR count). The van der Waals surface area contributed by atoms with Gasteiger partial charge in [-0.05, 0) is 41.1 Å². The summed E-state index contributed by atoms with van der Waals surface area (Å²) in [5, 5.41) is 5.53. The number of carbonyl (C=O) groups is 1. The molecule has 1 atom stereocenters. The van der Waals surface area contributed by atoms with Crippen molar-refractivity contribution >= 4 is 22.4 Å². The molecule has 4 heteroatoms. The van der Waals surface area contributed by atoms with Gasteiger partial charge in [0, 0.05) is 5.56 Å². The number of anilines is 1. The van der Waals surface area contributed by atoms with Crippen molar-refractivity contribution in [2.75, 3.05) is 12.4 Å². The molecule has 0 aliphatic heterocycles. The topological polar surface area (TPSA) is 47.6 Å². The molecule has 1 N–H and O–H groups in total. The smallest absolute Gasteiger partial charge is 0.314 e. The molecule has 0 bridgehead atoms. The van der Waals surface area contributed by atoms with Crippen LogP contribution in [0.15, 0.2) is 97.1 Å². The molecule has 0 aliphatic carbocycles. The Morgan fingerprint density at radius 2 is 1.59 bits per heavy atom. The van der Waals surface area contributed by atoms with E-state index in [9.17, 15) is 4.79 Å². The van der Waals surface area contributed by atoms with Crippen LogP contribution in [0.5, 0.6) is 11.5 Å². The summed E-state index contributed by atoms with van der Waals surface area (Å²) in [6.07, 6.45) is 0.0741. The number of fused-ring (bicyclic) bond motifs is 1. The van der Waals surface area contributed by atoms with Gasteiger partial charge in [0.25, 0.3) is 0 Å². The Hall–Kier alpha value is -4.23. The highest BCUT2D eigenvalue weighted by molar-refractivity contribution is 5.88. The second kappa shape index (κ2) is 10.2. The summed E-state index contributed by atoms with van der Waals surface area (Å²) >= 11 is 0. The molecule has 0 aromatic heterocycles. The van der Waals surface area contributed by atoms with Crippen molar-refractivity contribution in [2.24, 2.45) is 0 Å². The second-order valence-electron chi connectivity index (χ2n) is 7.18. The van der Waals surface area contributed by atoms with Crippen molar-refractivity contribution in [2.45, 2.75) is 12.5 Å². The summed E-state index contributed by atoms with van der Waals surface area (Å²) in [6.45, 7) is 0. The van der Waals surface area contributed by atoms with Gasteiger partial charge in [-0.15, -0.1) is 0 Å². The molecule has 0 spiro atoms. The van der Waals surface area contributed by atoms with E-state index in [0.29, 0.717) is 11.5 Å². The van der Waals surface area contributed by atoms with Crippen LogP contribution in [0.1, 0.15) is 12.0 Å². The second-order valence-corrected chi connectivity index (χ2v) is 7.18. The third-order valence-corrected chi connectivity index (χ3v) is 4.95. The minimum absolute atomic E-state index is 0.0741. The van der Waals surface area contributed by atoms with Crippen LogP contribution in [0.25, 0.3) is 10.8 Å². The standard InChI is InChI=1S/C28H23NO3/c1-31-27-17-8-7-16-26(27)29-23(20-28(30)32-24-13-3-2-4-14-24)19-18-22-12-9-11-21-10-5-6-15-25(21)22/h2-17,23,29H,20H2,1H3/t23-/m0/s1. The molecule has 4 aromatic carbocycles. The minimum atomic E-state index is -0.471. The van der Waals surface area contributed by atoms with E-state index in [-0.39, 0.29) is 12.4 Å². The summed E-state index contributed by atoms with van der Waals surface area (Å²) < 4.78 is 10.9. The van der Waals surface area contributed by atoms with Crippen LogP contribution in [-0.2, 0) is 4.79 Å². The highest BCUT2D eigenvalue weighted by Gasteiger charge is 2.15. The van der Waals surface area contributed by atoms with Gasteiger partial charge in [-0.25, -0.2) is 0 Å². The van der Waals surface area contributed by atoms with E-state index in [4.69, 9.17) is 9.47 Å². The van der Waals surface area contributed by atoms with Crippen LogP contribution < -0.4 is 14.8 Å². The number of para-hydroxylation sites is 3. The molecule has 158 valence electrons. The number of ether oxygens (including phenoxy) is 2. The number of hydrogen-bond donors (Lipinski definition) is 1. The number of methoxy groups -OCH3 is 1. The molecular weight excluding hydrogens is 398 g/mol. The molecular formula is C28H23NO3. The largest absolute Gasteiger partial charge is 0.495 e. The molecule has 0 saturated heterocycles. The van der Waals surface area contributed by atoms with Crippen LogP contribution in [-0.4, -0.2) is 19.1 Å². The van der Waals surface area contributed by atoms with Gasteiger partial charge in [-0.3, -0.25) is 4.79 Å². The number of carbonyl (C=O) groups excluding carboxylic acids is 1. The van der Waals surface area contributed by atoms with E-state index < -0.39 is 6.04 Å². The Balaban J connectivity index is 1.61. The van der Waals surface area contributed by atoms with Gasteiger partial charge in [0.05, 0.1) is 25.3 Å². The Morgan fingerprint density at radius 3 is 2.44 bits per heavy atom. The molecule has 0 amide bonds. The predicted octanol–water partition coefficient (Wildman–Crippen LogP) is 5.68. The molecule has 0 fully saturated rings. The van der Waals surface area contributed by atoms with Crippen LogP contribution in [0.4, 0.5) is 5.69 Å². The van der Waals surface area contributed by atoms with E-state index in [2.05, 4.69) is 29.3 Å². The van der Waals surface area contributed by atoms with E-state index in [1.807, 2.05) is 72.8 Å². The van der Waals surface area contributed by atoms with Crippen molar-refractivity contribution in [1.29, 1.82) is 0 Å². The van der Waals surface area contributed by atoms with E-state index in [1.165, 1.54) is 0 Å². The summed E-state index contributed by atoms with van der Waals surface area (Å²) in [5.74, 6) is 7.31. The SMILES string of the molecule is COc1ccccc1N[C@@H](C#Cc1cccc2ccccc12)CC(=O)Oc1ccccc1. The molecule has 0 saturated carbocycles. The van der Waals surface area contributed by atoms with Crippen LogP contribution in [0.2, 0.25) is 0 Å². The third-order valence-electron chi connectivity index (χ3n) is 4.95. The van der Waals surface area contributed by atoms with Gasteiger partial charge in [0.15, 0.2) is 0 Å². The molecule has 0 unspecified atom stereocenters. The summed E-state index contributed by atoms with van der Waals surface area (Å²) in [7, 11) is 1.61. The number of benzene rings is 4. The average molecular weight is 421 g/mol. The van der Waals surface area contributed by atoms with E-state index in [1.54, 1.807) is 19.2 Å². The molecule has 4 nitrogen and oxygen atoms in total. The number of esters is 1. The van der Waals surface area contributed by atoms with Gasteiger partial charge < -0.3 is 14.8 Å². The Labute approximate surface area is 187 Å². The van der Waals surface area contributed by atoms with Crippen molar-refractivity contribution in [3.8, 4) is 23.3 Å². The van der Waals surface area contributed by atoms with Crippen LogP contribution in [0, 0.1) is 11.8 Å². The van der Waals surface area contributed by atoms with Gasteiger partial charge in [-0.1, -0.05) is 78.6 Å². The van der Waals surface area contributed by atoms with Crippen molar-refractivity contribution in [3.63, 3.8) is 0 Å². The van der Waals surface area contributed by atoms with Crippen LogP contribution >= 0.6 is 0 Å². The highest BCUT2D eigenvalue weighted by Crippen LogP contribution is 2.25. The molecule has 32 heavy (non-hydrogen) atoms. The molecule has 0 heterocycles. The maximum absolute atomic E-state index is 12.6. The molecule has 4 aromatic rings. The van der Waals surface area contributed by atoms with Gasteiger partial charge in [-0.2, -0.15) is 0 Å². The van der Waals surface area contributed by atoms with Gasteiger partial charge in [0.2, 0.25) is 0 Å². The molecule has 0 radical (unpaired) electrons. The Bertz CT molecular complexity index is 1270. The van der Waals surface area contributed by atoms with Crippen molar-refractivity contribution < 1.29 is 14.3 Å². The third kappa shape index (κ3) is 5.27. The number of nitrogens with one attached hydrogen (secondary N) is 1. The Kier molecular flexibility index (Phi) is 6.69. The number of hydrogen-bond acceptors (Lipinski definition) is 4. The first-order chi connectivity index (χ1) is 15.7. The Morgan fingerprint density at radius 1 is 0.875 bits per heavy atom. The molecule has 0 aliphatic rings. The average Bonchev–Trinajstić information content (AvgIpc) is 2.83. The fourth-order valence-corrected chi connectivity index (χ4v) is 3.42. The first-order valence-electron chi connectivity index (χ1n) is 10.4. The predicted molar refractivity (Wildman–Crippen MR) is 128 cm³/mol. The van der Waals surface area contributed by atoms with Gasteiger partial charge >= 0.3 is 5.97 Å². The minimum Gasteiger partial charge on any atom is -0.495 e. The summed E-state index contributed by atoms with van der Waals surface area (Å²) in [4.78, 5) is 12.6. The maximum Gasteiger partial charge on any atom is 0.314 e. The lowest BCUT2D eigenvalue weighted by molar-refractivity contribution is -0.134. The normalized spacial score (nSPS) is 11.2. The monoisotopic (exact) mass is 421 g/mol. The lowest BCUT2D eigenvalue weighted by atomic mass is 10.0. The number of rotatable bonds is 6. The lowest BCUT2D eigenvalue weighted by Crippen LogP contribution is -2.24. The summed E-state index contributed by atoms with van der Waals surface area (Å²) in [6, 6.07) is 30.2. The van der Waals surface area contributed by atoms with Gasteiger partial charge in [0.1, 0.15) is 11.5 Å². The lowest BCUT2D eigenvalue weighted by Gasteiger charge is -2.16. The van der Waals surface area contributed by atoms with E-state index in [0.717, 1.165) is 22.0 Å². The quantitative estimate of drug-likeness (QED) is 0.247. The summed E-state index contributed by atoms with van der Waals surface area (Å²) in [5.41, 5.74) is 1.67. The first kappa shape index (κ1) is 21.0. The van der Waals surface area contributed by atoms with Crippen molar-refractivity contribution in [1.82, 2.24) is 0 Å². The first-order valence-corrected chi connectivity index (χ1v) is 10.4. The maximum atomic E-state index is 12.6. The van der Waals surface area contributed by atoms with Crippen molar-refractivity contribution in [3.05, 3.63) is 103 Å². The zero-order chi connectivity index (χ0) is 22.2. The van der Waals surface area contributed by atoms with Crippen LogP contribution in [0.3, 0.4) is 0 Å². The zero-order valence-corrected chi connectivity index (χ0v) is 17.7. The highest BCUT2D eigenvalue weighted by atomic mass is 16.5. The fraction of sp³-hybridized carbons (Fsp3) is 0.107. The fourth-order valence-electron chi connectivity index (χ4n) is 3.42. The zero-order valence-electron chi connectivity index (χ0n) is 17.7.